The van der Waals surface area contributed by atoms with E-state index in [9.17, 15) is 4.79 Å². The lowest BCUT2D eigenvalue weighted by atomic mass is 9.87. The first-order valence-electron chi connectivity index (χ1n) is 6.59. The van der Waals surface area contributed by atoms with Crippen molar-refractivity contribution in [2.75, 3.05) is 6.61 Å². The molecular weight excluding hydrogens is 230 g/mol. The van der Waals surface area contributed by atoms with Crippen LogP contribution in [0.3, 0.4) is 0 Å². The second-order valence-electron chi connectivity index (χ2n) is 4.81. The van der Waals surface area contributed by atoms with Gasteiger partial charge in [0.1, 0.15) is 0 Å². The molecular formula is C14H19NO3. The van der Waals surface area contributed by atoms with Gasteiger partial charge >= 0.3 is 5.97 Å². The second-order valence-corrected chi connectivity index (χ2v) is 4.81. The van der Waals surface area contributed by atoms with Crippen molar-refractivity contribution in [1.29, 1.82) is 0 Å². The van der Waals surface area contributed by atoms with E-state index in [1.807, 2.05) is 0 Å². The fourth-order valence-electron chi connectivity index (χ4n) is 2.42. The highest BCUT2D eigenvalue weighted by Crippen LogP contribution is 2.26. The highest BCUT2D eigenvalue weighted by atomic mass is 16.5. The number of pyridine rings is 1. The Morgan fingerprint density at radius 3 is 2.83 bits per heavy atom. The molecule has 1 heterocycles. The van der Waals surface area contributed by atoms with Crippen LogP contribution in [0.25, 0.3) is 0 Å². The second kappa shape index (κ2) is 6.38. The Bertz CT molecular complexity index is 400. The molecule has 1 aliphatic carbocycles. The van der Waals surface area contributed by atoms with Crippen LogP contribution in [0.4, 0.5) is 0 Å². The number of aromatic carboxylic acids is 1. The molecule has 1 saturated carbocycles. The van der Waals surface area contributed by atoms with E-state index < -0.39 is 5.97 Å². The van der Waals surface area contributed by atoms with E-state index in [2.05, 4.69) is 4.98 Å². The van der Waals surface area contributed by atoms with Crippen LogP contribution >= 0.6 is 0 Å². The van der Waals surface area contributed by atoms with Gasteiger partial charge in [-0.2, -0.15) is 0 Å². The quantitative estimate of drug-likeness (QED) is 0.871. The van der Waals surface area contributed by atoms with Crippen molar-refractivity contribution in [3.05, 3.63) is 23.9 Å². The van der Waals surface area contributed by atoms with Gasteiger partial charge in [0.2, 0.25) is 5.88 Å². The predicted octanol–water partition coefficient (Wildman–Crippen LogP) is 3.13. The maximum absolute atomic E-state index is 10.8. The third kappa shape index (κ3) is 3.72. The first kappa shape index (κ1) is 12.9. The van der Waals surface area contributed by atoms with Gasteiger partial charge in [-0.05, 0) is 18.4 Å². The van der Waals surface area contributed by atoms with Crippen LogP contribution < -0.4 is 4.74 Å². The van der Waals surface area contributed by atoms with E-state index in [1.54, 1.807) is 12.1 Å². The molecule has 0 radical (unpaired) electrons. The summed E-state index contributed by atoms with van der Waals surface area (Å²) in [5, 5.41) is 8.82. The van der Waals surface area contributed by atoms with Gasteiger partial charge < -0.3 is 9.84 Å². The van der Waals surface area contributed by atoms with Gasteiger partial charge in [-0.15, -0.1) is 0 Å². The van der Waals surface area contributed by atoms with Crippen LogP contribution in [0.2, 0.25) is 0 Å². The number of hydrogen-bond acceptors (Lipinski definition) is 3. The summed E-state index contributed by atoms with van der Waals surface area (Å²) >= 11 is 0. The molecule has 0 bridgehead atoms. The molecule has 18 heavy (non-hydrogen) atoms. The number of nitrogens with zero attached hydrogens (tertiary/aromatic N) is 1. The molecule has 2 rings (SSSR count). The third-order valence-electron chi connectivity index (χ3n) is 3.44. The van der Waals surface area contributed by atoms with Crippen molar-refractivity contribution in [3.63, 3.8) is 0 Å². The van der Waals surface area contributed by atoms with E-state index in [0.29, 0.717) is 12.5 Å². The molecule has 4 heteroatoms. The Labute approximate surface area is 107 Å². The Hall–Kier alpha value is -1.58. The number of aromatic nitrogens is 1. The average molecular weight is 249 g/mol. The molecule has 0 unspecified atom stereocenters. The van der Waals surface area contributed by atoms with E-state index >= 15 is 0 Å². The van der Waals surface area contributed by atoms with Crippen LogP contribution in [-0.2, 0) is 0 Å². The molecule has 98 valence electrons. The fourth-order valence-corrected chi connectivity index (χ4v) is 2.42. The Kier molecular flexibility index (Phi) is 4.56. The van der Waals surface area contributed by atoms with Gasteiger partial charge in [-0.3, -0.25) is 0 Å². The van der Waals surface area contributed by atoms with E-state index in [1.165, 1.54) is 38.2 Å². The highest BCUT2D eigenvalue weighted by molar-refractivity contribution is 5.85. The molecule has 0 aliphatic heterocycles. The first-order valence-corrected chi connectivity index (χ1v) is 6.59. The minimum Gasteiger partial charge on any atom is -0.478 e. The smallest absolute Gasteiger partial charge is 0.354 e. The van der Waals surface area contributed by atoms with Crippen LogP contribution in [0.1, 0.15) is 49.0 Å². The Morgan fingerprint density at radius 1 is 1.33 bits per heavy atom. The summed E-state index contributed by atoms with van der Waals surface area (Å²) in [5.74, 6) is 0.153. The Morgan fingerprint density at radius 2 is 2.11 bits per heavy atom. The first-order chi connectivity index (χ1) is 8.75. The molecule has 0 aromatic carbocycles. The van der Waals surface area contributed by atoms with Gasteiger partial charge in [0.05, 0.1) is 6.61 Å². The number of carboxylic acids is 1. The summed E-state index contributed by atoms with van der Waals surface area (Å²) in [6, 6.07) is 4.83. The van der Waals surface area contributed by atoms with Crippen molar-refractivity contribution in [1.82, 2.24) is 4.98 Å². The zero-order chi connectivity index (χ0) is 12.8. The maximum Gasteiger partial charge on any atom is 0.354 e. The Balaban J connectivity index is 1.78. The van der Waals surface area contributed by atoms with Crippen molar-refractivity contribution in [2.45, 2.75) is 38.5 Å². The van der Waals surface area contributed by atoms with Crippen molar-refractivity contribution in [2.24, 2.45) is 5.92 Å². The number of ether oxygens (including phenoxy) is 1. The molecule has 1 aromatic heterocycles. The zero-order valence-electron chi connectivity index (χ0n) is 10.5. The summed E-state index contributed by atoms with van der Waals surface area (Å²) in [4.78, 5) is 14.7. The lowest BCUT2D eigenvalue weighted by Crippen LogP contribution is -2.11. The average Bonchev–Trinajstić information content (AvgIpc) is 2.40. The molecule has 1 aliphatic rings. The summed E-state index contributed by atoms with van der Waals surface area (Å²) in [6.45, 7) is 0.626. The molecule has 0 amide bonds. The van der Waals surface area contributed by atoms with Crippen LogP contribution in [-0.4, -0.2) is 22.7 Å². The third-order valence-corrected chi connectivity index (χ3v) is 3.44. The lowest BCUT2D eigenvalue weighted by molar-refractivity contribution is 0.0689. The van der Waals surface area contributed by atoms with Crippen molar-refractivity contribution < 1.29 is 14.6 Å². The summed E-state index contributed by atoms with van der Waals surface area (Å²) in [6.07, 6.45) is 7.66. The normalized spacial score (nSPS) is 16.4. The monoisotopic (exact) mass is 249 g/mol. The van der Waals surface area contributed by atoms with E-state index in [0.717, 1.165) is 12.3 Å². The number of carbonyl (C=O) groups is 1. The molecule has 0 atom stereocenters. The molecule has 0 saturated heterocycles. The number of hydrogen-bond donors (Lipinski definition) is 1. The van der Waals surface area contributed by atoms with Crippen LogP contribution in [0.15, 0.2) is 18.2 Å². The van der Waals surface area contributed by atoms with Crippen LogP contribution in [0.5, 0.6) is 5.88 Å². The fraction of sp³-hybridized carbons (Fsp3) is 0.571. The zero-order valence-corrected chi connectivity index (χ0v) is 10.5. The van der Waals surface area contributed by atoms with Gasteiger partial charge in [-0.1, -0.05) is 38.2 Å². The van der Waals surface area contributed by atoms with Crippen molar-refractivity contribution >= 4 is 5.97 Å². The van der Waals surface area contributed by atoms with Crippen LogP contribution in [0, 0.1) is 5.92 Å². The molecule has 1 fully saturated rings. The topological polar surface area (TPSA) is 59.4 Å². The predicted molar refractivity (Wildman–Crippen MR) is 67.9 cm³/mol. The number of rotatable bonds is 5. The lowest BCUT2D eigenvalue weighted by Gasteiger charge is -2.21. The molecule has 0 spiro atoms. The highest BCUT2D eigenvalue weighted by Gasteiger charge is 2.13. The minimum absolute atomic E-state index is 0.0326. The van der Waals surface area contributed by atoms with Gasteiger partial charge in [0.25, 0.3) is 0 Å². The summed E-state index contributed by atoms with van der Waals surface area (Å²) < 4.78 is 5.53. The SMILES string of the molecule is O=C(O)c1cccc(OCCC2CCCCC2)n1. The van der Waals surface area contributed by atoms with E-state index in [-0.39, 0.29) is 5.69 Å². The molecule has 1 aromatic rings. The largest absolute Gasteiger partial charge is 0.478 e. The summed E-state index contributed by atoms with van der Waals surface area (Å²) in [7, 11) is 0. The minimum atomic E-state index is -1.02. The maximum atomic E-state index is 10.8. The van der Waals surface area contributed by atoms with E-state index in [4.69, 9.17) is 9.84 Å². The van der Waals surface area contributed by atoms with Gasteiger partial charge in [0, 0.05) is 6.07 Å². The number of carboxylic acid groups (broad SMARTS) is 1. The molecule has 4 nitrogen and oxygen atoms in total. The van der Waals surface area contributed by atoms with Crippen molar-refractivity contribution in [3.8, 4) is 5.88 Å². The van der Waals surface area contributed by atoms with Gasteiger partial charge in [-0.25, -0.2) is 9.78 Å². The van der Waals surface area contributed by atoms with Gasteiger partial charge in [0.15, 0.2) is 5.69 Å². The molecule has 1 N–H and O–H groups in total. The summed E-state index contributed by atoms with van der Waals surface area (Å²) in [5.41, 5.74) is 0.0326. The standard InChI is InChI=1S/C14H19NO3/c16-14(17)12-7-4-8-13(15-12)18-10-9-11-5-2-1-3-6-11/h4,7-8,11H,1-3,5-6,9-10H2,(H,16,17).